The number of anilines is 1. The van der Waals surface area contributed by atoms with Crippen molar-refractivity contribution >= 4 is 11.6 Å². The predicted octanol–water partition coefficient (Wildman–Crippen LogP) is 2.65. The van der Waals surface area contributed by atoms with E-state index in [1.165, 1.54) is 12.1 Å². The van der Waals surface area contributed by atoms with Gasteiger partial charge < -0.3 is 9.80 Å². The van der Waals surface area contributed by atoms with Crippen LogP contribution in [0, 0.1) is 5.82 Å². The number of hydrogen-bond acceptors (Lipinski definition) is 4. The molecule has 2 fully saturated rings. The number of hydrogen-bond donors (Lipinski definition) is 0. The van der Waals surface area contributed by atoms with Gasteiger partial charge in [-0.05, 0) is 49.2 Å². The summed E-state index contributed by atoms with van der Waals surface area (Å²) >= 11 is 0. The van der Waals surface area contributed by atoms with Crippen molar-refractivity contribution in [2.75, 3.05) is 44.2 Å². The second-order valence-electron chi connectivity index (χ2n) is 7.26. The first-order chi connectivity index (χ1) is 13.2. The van der Waals surface area contributed by atoms with Crippen molar-refractivity contribution in [1.82, 2.24) is 14.8 Å². The van der Waals surface area contributed by atoms with Crippen molar-refractivity contribution in [3.8, 4) is 0 Å². The smallest absolute Gasteiger partial charge is 0.272 e. The van der Waals surface area contributed by atoms with Crippen LogP contribution >= 0.6 is 0 Å². The Balaban J connectivity index is 1.34. The summed E-state index contributed by atoms with van der Waals surface area (Å²) in [6.07, 6.45) is 3.83. The largest absolute Gasteiger partial charge is 0.369 e. The van der Waals surface area contributed by atoms with Crippen molar-refractivity contribution in [2.45, 2.75) is 18.9 Å². The minimum atomic E-state index is -0.197. The Morgan fingerprint density at radius 1 is 1.00 bits per heavy atom. The third kappa shape index (κ3) is 4.11. The minimum Gasteiger partial charge on any atom is -0.369 e. The van der Waals surface area contributed by atoms with Gasteiger partial charge in [0, 0.05) is 57.2 Å². The topological polar surface area (TPSA) is 39.7 Å². The maximum absolute atomic E-state index is 13.1. The Labute approximate surface area is 159 Å². The van der Waals surface area contributed by atoms with Gasteiger partial charge in [0.25, 0.3) is 5.91 Å². The highest BCUT2D eigenvalue weighted by Gasteiger charge is 2.30. The average Bonchev–Trinajstić information content (AvgIpc) is 2.75. The molecule has 0 unspecified atom stereocenters. The number of rotatable bonds is 3. The summed E-state index contributed by atoms with van der Waals surface area (Å²) in [7, 11) is 0. The van der Waals surface area contributed by atoms with Crippen LogP contribution in [0.5, 0.6) is 0 Å². The number of nitrogens with zero attached hydrogens (tertiary/aromatic N) is 4. The maximum atomic E-state index is 13.1. The van der Waals surface area contributed by atoms with Gasteiger partial charge >= 0.3 is 0 Å². The lowest BCUT2D eigenvalue weighted by Crippen LogP contribution is -2.56. The van der Waals surface area contributed by atoms with E-state index in [1.807, 2.05) is 29.2 Å². The van der Waals surface area contributed by atoms with E-state index in [9.17, 15) is 9.18 Å². The summed E-state index contributed by atoms with van der Waals surface area (Å²) in [5, 5.41) is 0. The lowest BCUT2D eigenvalue weighted by Gasteiger charge is -2.43. The van der Waals surface area contributed by atoms with E-state index in [0.29, 0.717) is 11.7 Å². The number of carbonyl (C=O) groups is 1. The zero-order chi connectivity index (χ0) is 18.6. The Bertz CT molecular complexity index is 760. The Morgan fingerprint density at radius 3 is 2.48 bits per heavy atom. The zero-order valence-electron chi connectivity index (χ0n) is 15.4. The number of amides is 1. The molecule has 2 saturated heterocycles. The number of piperidine rings is 1. The molecule has 6 heteroatoms. The fourth-order valence-corrected chi connectivity index (χ4v) is 4.09. The van der Waals surface area contributed by atoms with E-state index in [2.05, 4.69) is 14.8 Å². The van der Waals surface area contributed by atoms with Crippen LogP contribution in [0.4, 0.5) is 10.1 Å². The minimum absolute atomic E-state index is 0.0326. The van der Waals surface area contributed by atoms with Gasteiger partial charge in [0.1, 0.15) is 11.5 Å². The van der Waals surface area contributed by atoms with Gasteiger partial charge in [-0.2, -0.15) is 0 Å². The lowest BCUT2D eigenvalue weighted by atomic mass is 10.0. The molecule has 27 heavy (non-hydrogen) atoms. The Morgan fingerprint density at radius 2 is 1.78 bits per heavy atom. The Kier molecular flexibility index (Phi) is 5.34. The number of likely N-dealkylation sites (tertiary alicyclic amines) is 1. The summed E-state index contributed by atoms with van der Waals surface area (Å²) in [6.45, 7) is 5.36. The van der Waals surface area contributed by atoms with Crippen LogP contribution in [0.1, 0.15) is 23.3 Å². The van der Waals surface area contributed by atoms with E-state index in [-0.39, 0.29) is 11.7 Å². The molecule has 5 nitrogen and oxygen atoms in total. The normalized spacial score (nSPS) is 21.3. The van der Waals surface area contributed by atoms with Crippen molar-refractivity contribution in [3.63, 3.8) is 0 Å². The molecule has 1 atom stereocenters. The van der Waals surface area contributed by atoms with Crippen molar-refractivity contribution < 1.29 is 9.18 Å². The predicted molar refractivity (Wildman–Crippen MR) is 103 cm³/mol. The summed E-state index contributed by atoms with van der Waals surface area (Å²) in [5.41, 5.74) is 1.60. The van der Waals surface area contributed by atoms with E-state index in [0.717, 1.165) is 57.8 Å². The van der Waals surface area contributed by atoms with Crippen molar-refractivity contribution in [2.24, 2.45) is 0 Å². The van der Waals surface area contributed by atoms with Crippen LogP contribution in [-0.4, -0.2) is 66.0 Å². The van der Waals surface area contributed by atoms with E-state index in [1.54, 1.807) is 12.3 Å². The van der Waals surface area contributed by atoms with Gasteiger partial charge in [-0.25, -0.2) is 4.39 Å². The molecule has 2 aliphatic heterocycles. The zero-order valence-corrected chi connectivity index (χ0v) is 15.4. The summed E-state index contributed by atoms with van der Waals surface area (Å²) in [6, 6.07) is 12.6. The molecule has 3 heterocycles. The first kappa shape index (κ1) is 17.9. The van der Waals surface area contributed by atoms with Crippen LogP contribution in [0.25, 0.3) is 0 Å². The van der Waals surface area contributed by atoms with Gasteiger partial charge in [-0.3, -0.25) is 14.7 Å². The third-order valence-corrected chi connectivity index (χ3v) is 5.59. The molecule has 0 saturated carbocycles. The van der Waals surface area contributed by atoms with Crippen LogP contribution in [-0.2, 0) is 0 Å². The molecule has 1 aromatic heterocycles. The fraction of sp³-hybridized carbons (Fsp3) is 0.429. The van der Waals surface area contributed by atoms with Gasteiger partial charge in [0.2, 0.25) is 0 Å². The van der Waals surface area contributed by atoms with Crippen LogP contribution in [0.3, 0.4) is 0 Å². The molecule has 2 aromatic rings. The van der Waals surface area contributed by atoms with Crippen molar-refractivity contribution in [3.05, 3.63) is 60.2 Å². The SMILES string of the molecule is O=C(c1ccccn1)N1CCC[C@@H](N2CCN(c3ccc(F)cc3)CC2)C1. The summed E-state index contributed by atoms with van der Waals surface area (Å²) < 4.78 is 13.1. The lowest BCUT2D eigenvalue weighted by molar-refractivity contribution is 0.0558. The number of benzene rings is 1. The third-order valence-electron chi connectivity index (χ3n) is 5.59. The molecular formula is C21H25FN4O. The molecule has 4 rings (SSSR count). The molecule has 0 bridgehead atoms. The number of pyridine rings is 1. The molecule has 2 aliphatic rings. The van der Waals surface area contributed by atoms with Crippen LogP contribution in [0.2, 0.25) is 0 Å². The number of carbonyl (C=O) groups excluding carboxylic acids is 1. The molecular weight excluding hydrogens is 343 g/mol. The number of piperazine rings is 1. The van der Waals surface area contributed by atoms with Gasteiger partial charge in [-0.1, -0.05) is 6.07 Å². The highest BCUT2D eigenvalue weighted by molar-refractivity contribution is 5.92. The van der Waals surface area contributed by atoms with Gasteiger partial charge in [0.15, 0.2) is 0 Å². The second kappa shape index (κ2) is 8.05. The highest BCUT2D eigenvalue weighted by Crippen LogP contribution is 2.22. The van der Waals surface area contributed by atoms with E-state index < -0.39 is 0 Å². The molecule has 0 spiro atoms. The highest BCUT2D eigenvalue weighted by atomic mass is 19.1. The van der Waals surface area contributed by atoms with Gasteiger partial charge in [-0.15, -0.1) is 0 Å². The standard InChI is InChI=1S/C21H25FN4O/c22-17-6-8-18(9-7-17)24-12-14-25(15-13-24)19-4-3-11-26(16-19)21(27)20-5-1-2-10-23-20/h1-2,5-10,19H,3-4,11-16H2/t19-/m1/s1. The number of aromatic nitrogens is 1. The van der Waals surface area contributed by atoms with Gasteiger partial charge in [0.05, 0.1) is 0 Å². The first-order valence-corrected chi connectivity index (χ1v) is 9.65. The summed E-state index contributed by atoms with van der Waals surface area (Å²) in [5.74, 6) is -0.164. The molecule has 1 amide bonds. The van der Waals surface area contributed by atoms with Crippen molar-refractivity contribution in [1.29, 1.82) is 0 Å². The molecule has 0 radical (unpaired) electrons. The second-order valence-corrected chi connectivity index (χ2v) is 7.26. The first-order valence-electron chi connectivity index (χ1n) is 9.65. The van der Waals surface area contributed by atoms with E-state index in [4.69, 9.17) is 0 Å². The molecule has 0 N–H and O–H groups in total. The molecule has 142 valence electrons. The average molecular weight is 368 g/mol. The quantitative estimate of drug-likeness (QED) is 0.835. The Hall–Kier alpha value is -2.47. The molecule has 0 aliphatic carbocycles. The van der Waals surface area contributed by atoms with Crippen LogP contribution < -0.4 is 4.90 Å². The summed E-state index contributed by atoms with van der Waals surface area (Å²) in [4.78, 5) is 23.6. The molecule has 1 aromatic carbocycles. The van der Waals surface area contributed by atoms with Crippen LogP contribution in [0.15, 0.2) is 48.7 Å². The fourth-order valence-electron chi connectivity index (χ4n) is 4.09. The monoisotopic (exact) mass is 368 g/mol. The maximum Gasteiger partial charge on any atom is 0.272 e. The van der Waals surface area contributed by atoms with E-state index >= 15 is 0 Å². The number of halogens is 1.